The summed E-state index contributed by atoms with van der Waals surface area (Å²) in [4.78, 5) is 22.8. The van der Waals surface area contributed by atoms with Crippen LogP contribution in [0.3, 0.4) is 0 Å². The van der Waals surface area contributed by atoms with Crippen molar-refractivity contribution in [3.63, 3.8) is 0 Å². The van der Waals surface area contributed by atoms with Crippen LogP contribution in [0.2, 0.25) is 0 Å². The Kier molecular flexibility index (Phi) is 6.65. The van der Waals surface area contributed by atoms with E-state index in [0.717, 1.165) is 10.0 Å². The van der Waals surface area contributed by atoms with Crippen LogP contribution in [0.15, 0.2) is 58.2 Å². The number of carbonyl (C=O) groups excluding carboxylic acids is 1. The normalized spacial score (nSPS) is 11.8. The molecule has 1 aromatic heterocycles. The summed E-state index contributed by atoms with van der Waals surface area (Å²) in [5, 5.41) is 22.8. The third-order valence-electron chi connectivity index (χ3n) is 4.24. The Balaban J connectivity index is 1.64. The molecular formula is C19H18BrN5O3S. The van der Waals surface area contributed by atoms with E-state index in [1.807, 2.05) is 30.7 Å². The molecule has 0 aliphatic carbocycles. The lowest BCUT2D eigenvalue weighted by Crippen LogP contribution is -2.28. The maximum atomic E-state index is 12.5. The van der Waals surface area contributed by atoms with E-state index in [0.29, 0.717) is 22.3 Å². The van der Waals surface area contributed by atoms with Crippen LogP contribution >= 0.6 is 27.7 Å². The summed E-state index contributed by atoms with van der Waals surface area (Å²) in [5.41, 5.74) is 1.56. The van der Waals surface area contributed by atoms with E-state index >= 15 is 0 Å². The van der Waals surface area contributed by atoms with Gasteiger partial charge in [0.1, 0.15) is 0 Å². The number of nitro benzene ring substituents is 1. The SMILES string of the molecule is C[C@H](NC(=O)c1ccccc1Br)c1nnc(SCc2ccc([N+](=O)[O-])cc2)n1C. The molecule has 1 amide bonds. The summed E-state index contributed by atoms with van der Waals surface area (Å²) < 4.78 is 2.56. The van der Waals surface area contributed by atoms with Crippen molar-refractivity contribution in [2.75, 3.05) is 0 Å². The molecule has 0 saturated carbocycles. The molecule has 8 nitrogen and oxygen atoms in total. The van der Waals surface area contributed by atoms with Crippen molar-refractivity contribution >= 4 is 39.3 Å². The van der Waals surface area contributed by atoms with E-state index in [1.165, 1.54) is 23.9 Å². The number of non-ortho nitro benzene ring substituents is 1. The molecule has 3 rings (SSSR count). The van der Waals surface area contributed by atoms with Gasteiger partial charge in [0.2, 0.25) is 0 Å². The topological polar surface area (TPSA) is 103 Å². The van der Waals surface area contributed by atoms with Crippen molar-refractivity contribution in [2.24, 2.45) is 7.05 Å². The highest BCUT2D eigenvalue weighted by Gasteiger charge is 2.19. The minimum atomic E-state index is -0.421. The van der Waals surface area contributed by atoms with Crippen molar-refractivity contribution in [1.82, 2.24) is 20.1 Å². The number of amides is 1. The van der Waals surface area contributed by atoms with Gasteiger partial charge in [-0.3, -0.25) is 14.9 Å². The maximum Gasteiger partial charge on any atom is 0.269 e. The predicted molar refractivity (Wildman–Crippen MR) is 114 cm³/mol. The molecule has 0 aliphatic rings. The second-order valence-electron chi connectivity index (χ2n) is 6.29. The Labute approximate surface area is 180 Å². The molecular weight excluding hydrogens is 458 g/mol. The number of thioether (sulfide) groups is 1. The van der Waals surface area contributed by atoms with Gasteiger partial charge in [0, 0.05) is 29.4 Å². The molecule has 29 heavy (non-hydrogen) atoms. The molecule has 0 spiro atoms. The number of rotatable bonds is 7. The average molecular weight is 476 g/mol. The van der Waals surface area contributed by atoms with Crippen LogP contribution in [0.5, 0.6) is 0 Å². The van der Waals surface area contributed by atoms with E-state index in [-0.39, 0.29) is 17.6 Å². The molecule has 0 unspecified atom stereocenters. The summed E-state index contributed by atoms with van der Waals surface area (Å²) >= 11 is 4.85. The van der Waals surface area contributed by atoms with Crippen molar-refractivity contribution in [1.29, 1.82) is 0 Å². The minimum Gasteiger partial charge on any atom is -0.342 e. The number of carbonyl (C=O) groups is 1. The zero-order chi connectivity index (χ0) is 21.0. The first-order valence-corrected chi connectivity index (χ1v) is 10.5. The number of nitro groups is 1. The van der Waals surface area contributed by atoms with Gasteiger partial charge in [-0.05, 0) is 40.5 Å². The smallest absolute Gasteiger partial charge is 0.269 e. The lowest BCUT2D eigenvalue weighted by atomic mass is 10.2. The highest BCUT2D eigenvalue weighted by atomic mass is 79.9. The first-order chi connectivity index (χ1) is 13.9. The maximum absolute atomic E-state index is 12.5. The van der Waals surface area contributed by atoms with E-state index in [9.17, 15) is 14.9 Å². The first-order valence-electron chi connectivity index (χ1n) is 8.67. The molecule has 0 aliphatic heterocycles. The van der Waals surface area contributed by atoms with Crippen LogP contribution < -0.4 is 5.32 Å². The number of aromatic nitrogens is 3. The number of nitrogens with one attached hydrogen (secondary N) is 1. The summed E-state index contributed by atoms with van der Waals surface area (Å²) in [7, 11) is 1.84. The van der Waals surface area contributed by atoms with Crippen LogP contribution in [0.25, 0.3) is 0 Å². The standard InChI is InChI=1S/C19H18BrN5O3S/c1-12(21-18(26)15-5-3-4-6-16(15)20)17-22-23-19(24(17)2)29-11-13-7-9-14(10-8-13)25(27)28/h3-10,12H,11H2,1-2H3,(H,21,26)/t12-/m0/s1. The minimum absolute atomic E-state index is 0.0642. The number of halogens is 1. The molecule has 10 heteroatoms. The van der Waals surface area contributed by atoms with E-state index in [4.69, 9.17) is 0 Å². The number of hydrogen-bond donors (Lipinski definition) is 1. The summed E-state index contributed by atoms with van der Waals surface area (Å²) in [6.45, 7) is 1.85. The Morgan fingerprint density at radius 3 is 2.59 bits per heavy atom. The highest BCUT2D eigenvalue weighted by Crippen LogP contribution is 2.24. The molecule has 0 saturated heterocycles. The van der Waals surface area contributed by atoms with Crippen molar-refractivity contribution in [2.45, 2.75) is 23.9 Å². The second-order valence-corrected chi connectivity index (χ2v) is 8.08. The number of benzene rings is 2. The molecule has 1 heterocycles. The van der Waals surface area contributed by atoms with E-state index < -0.39 is 4.92 Å². The van der Waals surface area contributed by atoms with Gasteiger partial charge in [0.25, 0.3) is 11.6 Å². The van der Waals surface area contributed by atoms with Crippen LogP contribution in [-0.2, 0) is 12.8 Å². The molecule has 1 N–H and O–H groups in total. The Morgan fingerprint density at radius 2 is 1.93 bits per heavy atom. The molecule has 0 bridgehead atoms. The number of hydrogen-bond acceptors (Lipinski definition) is 6. The molecule has 150 valence electrons. The first kappa shape index (κ1) is 21.0. The third-order valence-corrected chi connectivity index (χ3v) is 6.02. The van der Waals surface area contributed by atoms with Gasteiger partial charge in [-0.25, -0.2) is 0 Å². The zero-order valence-corrected chi connectivity index (χ0v) is 18.1. The Bertz CT molecular complexity index is 1040. The zero-order valence-electron chi connectivity index (χ0n) is 15.7. The highest BCUT2D eigenvalue weighted by molar-refractivity contribution is 9.10. The van der Waals surface area contributed by atoms with Gasteiger partial charge in [0.15, 0.2) is 11.0 Å². The lowest BCUT2D eigenvalue weighted by molar-refractivity contribution is -0.384. The van der Waals surface area contributed by atoms with Crippen molar-refractivity contribution in [3.8, 4) is 0 Å². The third kappa shape index (κ3) is 5.01. The summed E-state index contributed by atoms with van der Waals surface area (Å²) in [6, 6.07) is 13.3. The fourth-order valence-corrected chi connectivity index (χ4v) is 4.01. The Hall–Kier alpha value is -2.72. The van der Waals surface area contributed by atoms with Gasteiger partial charge in [-0.1, -0.05) is 36.0 Å². The fourth-order valence-electron chi connectivity index (χ4n) is 2.67. The van der Waals surface area contributed by atoms with Gasteiger partial charge in [-0.2, -0.15) is 0 Å². The molecule has 3 aromatic rings. The van der Waals surface area contributed by atoms with E-state index in [1.54, 1.807) is 24.3 Å². The van der Waals surface area contributed by atoms with Crippen LogP contribution in [-0.4, -0.2) is 25.6 Å². The fraction of sp³-hybridized carbons (Fsp3) is 0.211. The summed E-state index contributed by atoms with van der Waals surface area (Å²) in [5.74, 6) is 1.03. The van der Waals surface area contributed by atoms with Crippen LogP contribution in [0.4, 0.5) is 5.69 Å². The van der Waals surface area contributed by atoms with Gasteiger partial charge in [0.05, 0.1) is 16.5 Å². The average Bonchev–Trinajstić information content (AvgIpc) is 3.07. The monoisotopic (exact) mass is 475 g/mol. The van der Waals surface area contributed by atoms with Crippen molar-refractivity contribution < 1.29 is 9.72 Å². The van der Waals surface area contributed by atoms with Gasteiger partial charge >= 0.3 is 0 Å². The molecule has 0 radical (unpaired) electrons. The number of nitrogens with zero attached hydrogens (tertiary/aromatic N) is 4. The van der Waals surface area contributed by atoms with Gasteiger partial charge in [-0.15, -0.1) is 10.2 Å². The predicted octanol–water partition coefficient (Wildman–Crippen LogP) is 4.27. The second kappa shape index (κ2) is 9.19. The quantitative estimate of drug-likeness (QED) is 0.310. The largest absolute Gasteiger partial charge is 0.342 e. The molecule has 0 fully saturated rings. The molecule has 2 aromatic carbocycles. The van der Waals surface area contributed by atoms with E-state index in [2.05, 4.69) is 31.4 Å². The van der Waals surface area contributed by atoms with Crippen molar-refractivity contribution in [3.05, 3.63) is 80.1 Å². The molecule has 1 atom stereocenters. The Morgan fingerprint density at radius 1 is 1.24 bits per heavy atom. The summed E-state index contributed by atoms with van der Waals surface area (Å²) in [6.07, 6.45) is 0. The van der Waals surface area contributed by atoms with Gasteiger partial charge < -0.3 is 9.88 Å². The lowest BCUT2D eigenvalue weighted by Gasteiger charge is -2.14. The van der Waals surface area contributed by atoms with Crippen LogP contribution in [0.1, 0.15) is 34.7 Å². The van der Waals surface area contributed by atoms with Crippen LogP contribution in [0, 0.1) is 10.1 Å².